The number of aromatic carboxylic acids is 1. The van der Waals surface area contributed by atoms with E-state index in [0.717, 1.165) is 19.4 Å². The van der Waals surface area contributed by atoms with Crippen LogP contribution in [0.4, 0.5) is 5.88 Å². The Hall–Kier alpha value is -1.89. The van der Waals surface area contributed by atoms with Gasteiger partial charge in [-0.3, -0.25) is 0 Å². The summed E-state index contributed by atoms with van der Waals surface area (Å²) >= 11 is 0. The fourth-order valence-electron chi connectivity index (χ4n) is 1.80. The molecule has 0 aromatic carbocycles. The van der Waals surface area contributed by atoms with Gasteiger partial charge in [0.15, 0.2) is 5.88 Å². The zero-order valence-corrected chi connectivity index (χ0v) is 8.14. The molecule has 1 aromatic rings. The van der Waals surface area contributed by atoms with E-state index in [2.05, 4.69) is 5.92 Å². The van der Waals surface area contributed by atoms with Crippen LogP contribution >= 0.6 is 0 Å². The van der Waals surface area contributed by atoms with Crippen molar-refractivity contribution in [3.63, 3.8) is 0 Å². The number of carboxylic acid groups (broad SMARTS) is 1. The second-order valence-electron chi connectivity index (χ2n) is 3.46. The number of nitrogens with zero attached hydrogens (tertiary/aromatic N) is 1. The zero-order chi connectivity index (χ0) is 10.8. The van der Waals surface area contributed by atoms with Gasteiger partial charge in [-0.15, -0.1) is 6.42 Å². The van der Waals surface area contributed by atoms with Gasteiger partial charge in [0, 0.05) is 12.6 Å². The van der Waals surface area contributed by atoms with Crippen molar-refractivity contribution >= 4 is 11.9 Å². The molecule has 0 saturated carbocycles. The highest BCUT2D eigenvalue weighted by Gasteiger charge is 2.25. The summed E-state index contributed by atoms with van der Waals surface area (Å²) in [6.45, 7) is 0.821. The van der Waals surface area contributed by atoms with Gasteiger partial charge in [-0.05, 0) is 18.9 Å². The number of hydrogen-bond donors (Lipinski definition) is 1. The number of hydrogen-bond acceptors (Lipinski definition) is 3. The van der Waals surface area contributed by atoms with Crippen molar-refractivity contribution in [2.45, 2.75) is 18.9 Å². The normalized spacial score (nSPS) is 20.2. The van der Waals surface area contributed by atoms with Gasteiger partial charge in [-0.1, -0.05) is 5.92 Å². The number of terminal acetylenes is 1. The molecule has 0 amide bonds. The molecule has 1 atom stereocenters. The maximum Gasteiger partial charge on any atom is 0.371 e. The average molecular weight is 205 g/mol. The molecule has 1 aliphatic heterocycles. The number of furan rings is 1. The Morgan fingerprint density at radius 2 is 2.47 bits per heavy atom. The van der Waals surface area contributed by atoms with Crippen LogP contribution in [0, 0.1) is 12.3 Å². The van der Waals surface area contributed by atoms with Gasteiger partial charge in [0.05, 0.1) is 6.04 Å². The maximum atomic E-state index is 10.6. The van der Waals surface area contributed by atoms with Crippen LogP contribution in [-0.4, -0.2) is 23.7 Å². The molecule has 4 heteroatoms. The standard InChI is InChI=1S/C11H11NO3/c1-2-8-4-3-7-12(8)10-6-5-9(15-10)11(13)14/h1,5-6,8H,3-4,7H2,(H,13,14). The van der Waals surface area contributed by atoms with Gasteiger partial charge in [-0.25, -0.2) is 4.79 Å². The fourth-order valence-corrected chi connectivity index (χ4v) is 1.80. The number of carboxylic acids is 1. The lowest BCUT2D eigenvalue weighted by atomic mass is 10.2. The minimum atomic E-state index is -1.06. The molecule has 1 fully saturated rings. The first kappa shape index (κ1) is 9.66. The zero-order valence-electron chi connectivity index (χ0n) is 8.14. The smallest absolute Gasteiger partial charge is 0.371 e. The maximum absolute atomic E-state index is 10.6. The van der Waals surface area contributed by atoms with Crippen LogP contribution in [0.25, 0.3) is 0 Å². The summed E-state index contributed by atoms with van der Waals surface area (Å²) in [6.07, 6.45) is 7.32. The molecule has 0 bridgehead atoms. The molecule has 0 spiro atoms. The van der Waals surface area contributed by atoms with Crippen molar-refractivity contribution in [2.24, 2.45) is 0 Å². The molecule has 2 heterocycles. The van der Waals surface area contributed by atoms with Crippen molar-refractivity contribution in [3.05, 3.63) is 17.9 Å². The van der Waals surface area contributed by atoms with Crippen molar-refractivity contribution in [1.29, 1.82) is 0 Å². The summed E-state index contributed by atoms with van der Waals surface area (Å²) in [5.74, 6) is 2.11. The van der Waals surface area contributed by atoms with E-state index in [9.17, 15) is 4.79 Å². The summed E-state index contributed by atoms with van der Waals surface area (Å²) in [7, 11) is 0. The van der Waals surface area contributed by atoms with Crippen LogP contribution in [0.5, 0.6) is 0 Å². The third-order valence-electron chi connectivity index (χ3n) is 2.53. The van der Waals surface area contributed by atoms with E-state index in [1.54, 1.807) is 6.07 Å². The van der Waals surface area contributed by atoms with Crippen molar-refractivity contribution < 1.29 is 14.3 Å². The highest BCUT2D eigenvalue weighted by Crippen LogP contribution is 2.26. The van der Waals surface area contributed by atoms with Gasteiger partial charge >= 0.3 is 5.97 Å². The topological polar surface area (TPSA) is 53.7 Å². The number of rotatable bonds is 2. The second kappa shape index (κ2) is 3.70. The first-order chi connectivity index (χ1) is 7.22. The molecule has 0 aliphatic carbocycles. The fraction of sp³-hybridized carbons (Fsp3) is 0.364. The van der Waals surface area contributed by atoms with E-state index < -0.39 is 5.97 Å². The summed E-state index contributed by atoms with van der Waals surface area (Å²) < 4.78 is 5.19. The largest absolute Gasteiger partial charge is 0.475 e. The van der Waals surface area contributed by atoms with Crippen molar-refractivity contribution in [2.75, 3.05) is 11.4 Å². The monoisotopic (exact) mass is 205 g/mol. The molecule has 2 rings (SSSR count). The molecule has 15 heavy (non-hydrogen) atoms. The number of anilines is 1. The van der Waals surface area contributed by atoms with E-state index in [-0.39, 0.29) is 11.8 Å². The second-order valence-corrected chi connectivity index (χ2v) is 3.46. The summed E-state index contributed by atoms with van der Waals surface area (Å²) in [5, 5.41) is 8.71. The Morgan fingerprint density at radius 3 is 3.07 bits per heavy atom. The van der Waals surface area contributed by atoms with Gasteiger partial charge in [0.25, 0.3) is 0 Å². The summed E-state index contributed by atoms with van der Waals surface area (Å²) in [5.41, 5.74) is 0. The molecule has 1 unspecified atom stereocenters. The van der Waals surface area contributed by atoms with E-state index in [1.807, 2.05) is 4.90 Å². The van der Waals surface area contributed by atoms with E-state index >= 15 is 0 Å². The average Bonchev–Trinajstić information content (AvgIpc) is 2.85. The molecule has 78 valence electrons. The van der Waals surface area contributed by atoms with Gasteiger partial charge in [-0.2, -0.15) is 0 Å². The quantitative estimate of drug-likeness (QED) is 0.745. The van der Waals surface area contributed by atoms with Crippen LogP contribution < -0.4 is 4.90 Å². The SMILES string of the molecule is C#CC1CCCN1c1ccc(C(=O)O)o1. The predicted molar refractivity (Wildman–Crippen MR) is 54.9 cm³/mol. The Kier molecular flexibility index (Phi) is 2.38. The van der Waals surface area contributed by atoms with Gasteiger partial charge in [0.1, 0.15) is 0 Å². The minimum absolute atomic E-state index is 0.0257. The first-order valence-corrected chi connectivity index (χ1v) is 4.78. The van der Waals surface area contributed by atoms with Crippen LogP contribution in [0.1, 0.15) is 23.4 Å². The van der Waals surface area contributed by atoms with Crippen molar-refractivity contribution in [3.8, 4) is 12.3 Å². The lowest BCUT2D eigenvalue weighted by Gasteiger charge is -2.19. The van der Waals surface area contributed by atoms with E-state index in [0.29, 0.717) is 5.88 Å². The van der Waals surface area contributed by atoms with Crippen molar-refractivity contribution in [1.82, 2.24) is 0 Å². The van der Waals surface area contributed by atoms with Crippen LogP contribution in [0.15, 0.2) is 16.5 Å². The van der Waals surface area contributed by atoms with Gasteiger partial charge in [0.2, 0.25) is 5.76 Å². The van der Waals surface area contributed by atoms with Gasteiger partial charge < -0.3 is 14.4 Å². The Morgan fingerprint density at radius 1 is 1.67 bits per heavy atom. The molecule has 1 N–H and O–H groups in total. The van der Waals surface area contributed by atoms with E-state index in [1.165, 1.54) is 6.07 Å². The Balaban J connectivity index is 2.22. The highest BCUT2D eigenvalue weighted by molar-refractivity contribution is 5.84. The Bertz CT molecular complexity index is 416. The Labute approximate surface area is 87.5 Å². The lowest BCUT2D eigenvalue weighted by molar-refractivity contribution is 0.0663. The van der Waals surface area contributed by atoms with E-state index in [4.69, 9.17) is 15.9 Å². The molecular weight excluding hydrogens is 194 g/mol. The third kappa shape index (κ3) is 1.68. The highest BCUT2D eigenvalue weighted by atomic mass is 16.4. The summed E-state index contributed by atoms with van der Waals surface area (Å²) in [6, 6.07) is 3.13. The predicted octanol–water partition coefficient (Wildman–Crippen LogP) is 1.58. The van der Waals surface area contributed by atoms with Crippen LogP contribution in [0.2, 0.25) is 0 Å². The molecule has 1 aromatic heterocycles. The third-order valence-corrected chi connectivity index (χ3v) is 2.53. The summed E-state index contributed by atoms with van der Waals surface area (Å²) in [4.78, 5) is 12.6. The first-order valence-electron chi connectivity index (χ1n) is 4.78. The molecule has 1 saturated heterocycles. The lowest BCUT2D eigenvalue weighted by Crippen LogP contribution is -2.27. The molecule has 1 aliphatic rings. The molecule has 4 nitrogen and oxygen atoms in total. The molecular formula is C11H11NO3. The van der Waals surface area contributed by atoms with Crippen LogP contribution in [-0.2, 0) is 0 Å². The molecule has 0 radical (unpaired) electrons. The minimum Gasteiger partial charge on any atom is -0.475 e. The van der Waals surface area contributed by atoms with Crippen LogP contribution in [0.3, 0.4) is 0 Å². The number of carbonyl (C=O) groups is 1.